The minimum absolute atomic E-state index is 0.629. The molecule has 5 heteroatoms. The van der Waals surface area contributed by atoms with Gasteiger partial charge in [0, 0.05) is 22.5 Å². The molecule has 0 aliphatic heterocycles. The summed E-state index contributed by atoms with van der Waals surface area (Å²) in [7, 11) is 0. The molecular formula is C15H18N4S. The van der Waals surface area contributed by atoms with E-state index in [1.165, 1.54) is 42.0 Å². The van der Waals surface area contributed by atoms with Crippen LogP contribution in [0.25, 0.3) is 0 Å². The number of aromatic nitrogens is 3. The molecule has 2 aliphatic carbocycles. The second kappa shape index (κ2) is 4.52. The number of anilines is 1. The maximum Gasteiger partial charge on any atom is 0.196 e. The Kier molecular flexibility index (Phi) is 2.77. The first kappa shape index (κ1) is 12.3. The Bertz CT molecular complexity index is 656. The van der Waals surface area contributed by atoms with E-state index in [1.54, 1.807) is 11.8 Å². The third-order valence-corrected chi connectivity index (χ3v) is 5.08. The minimum atomic E-state index is 0.629. The highest BCUT2D eigenvalue weighted by Crippen LogP contribution is 2.47. The molecule has 1 aromatic heterocycles. The number of nitrogens with zero attached hydrogens (tertiary/aromatic N) is 3. The summed E-state index contributed by atoms with van der Waals surface area (Å²) in [5.41, 5.74) is 7.94. The molecule has 0 radical (unpaired) electrons. The fourth-order valence-electron chi connectivity index (χ4n) is 2.48. The van der Waals surface area contributed by atoms with Crippen molar-refractivity contribution in [1.29, 1.82) is 0 Å². The normalized spacial score (nSPS) is 18.4. The van der Waals surface area contributed by atoms with E-state index < -0.39 is 0 Å². The van der Waals surface area contributed by atoms with E-state index in [1.807, 2.05) is 12.1 Å². The molecule has 2 aromatic rings. The Morgan fingerprint density at radius 2 is 2.00 bits per heavy atom. The van der Waals surface area contributed by atoms with Gasteiger partial charge in [0.2, 0.25) is 0 Å². The summed E-state index contributed by atoms with van der Waals surface area (Å²) >= 11 is 1.70. The zero-order valence-corrected chi connectivity index (χ0v) is 12.4. The third-order valence-electron chi connectivity index (χ3n) is 3.96. The Balaban J connectivity index is 1.70. The van der Waals surface area contributed by atoms with E-state index >= 15 is 0 Å². The Morgan fingerprint density at radius 3 is 2.70 bits per heavy atom. The van der Waals surface area contributed by atoms with Crippen molar-refractivity contribution < 1.29 is 0 Å². The van der Waals surface area contributed by atoms with Gasteiger partial charge in [-0.15, -0.1) is 10.2 Å². The lowest BCUT2D eigenvalue weighted by molar-refractivity contribution is 0.627. The van der Waals surface area contributed by atoms with Gasteiger partial charge >= 0.3 is 0 Å². The molecule has 0 spiro atoms. The van der Waals surface area contributed by atoms with E-state index in [9.17, 15) is 0 Å². The zero-order chi connectivity index (χ0) is 13.7. The second-order valence-corrected chi connectivity index (χ2v) is 6.85. The Morgan fingerprint density at radius 1 is 1.20 bits per heavy atom. The summed E-state index contributed by atoms with van der Waals surface area (Å²) in [4.78, 5) is 1.18. The first-order valence-corrected chi connectivity index (χ1v) is 8.03. The van der Waals surface area contributed by atoms with Crippen LogP contribution >= 0.6 is 11.8 Å². The molecular weight excluding hydrogens is 268 g/mol. The highest BCUT2D eigenvalue weighted by atomic mass is 32.2. The van der Waals surface area contributed by atoms with Gasteiger partial charge in [0.1, 0.15) is 5.82 Å². The first-order chi connectivity index (χ1) is 9.72. The summed E-state index contributed by atoms with van der Waals surface area (Å²) in [6.45, 7) is 2.11. The Hall–Kier alpha value is -1.49. The van der Waals surface area contributed by atoms with Crippen LogP contribution in [0.5, 0.6) is 0 Å². The number of nitrogen functional groups attached to an aromatic ring is 1. The molecule has 1 aromatic carbocycles. The lowest BCUT2D eigenvalue weighted by Gasteiger charge is -2.09. The quantitative estimate of drug-likeness (QED) is 0.874. The highest BCUT2D eigenvalue weighted by molar-refractivity contribution is 7.99. The van der Waals surface area contributed by atoms with Crippen LogP contribution in [0.3, 0.4) is 0 Å². The average Bonchev–Trinajstić information content (AvgIpc) is 3.33. The SMILES string of the molecule is Cc1ccc(N)cc1Sc1nnc(C2CC2)n1C1CC1. The van der Waals surface area contributed by atoms with Gasteiger partial charge in [-0.25, -0.2) is 0 Å². The summed E-state index contributed by atoms with van der Waals surface area (Å²) in [6.07, 6.45) is 5.07. The maximum absolute atomic E-state index is 5.90. The fraction of sp³-hybridized carbons (Fsp3) is 0.467. The molecule has 4 rings (SSSR count). The largest absolute Gasteiger partial charge is 0.399 e. The van der Waals surface area contributed by atoms with E-state index in [4.69, 9.17) is 5.73 Å². The zero-order valence-electron chi connectivity index (χ0n) is 11.5. The molecule has 0 bridgehead atoms. The Labute approximate surface area is 122 Å². The number of hydrogen-bond donors (Lipinski definition) is 1. The second-order valence-electron chi connectivity index (χ2n) is 5.84. The molecule has 0 atom stereocenters. The van der Waals surface area contributed by atoms with E-state index in [2.05, 4.69) is 27.8 Å². The number of benzene rings is 1. The summed E-state index contributed by atoms with van der Waals surface area (Å²) in [5, 5.41) is 9.92. The van der Waals surface area contributed by atoms with Crippen molar-refractivity contribution >= 4 is 17.4 Å². The van der Waals surface area contributed by atoms with Crippen LogP contribution in [0.15, 0.2) is 28.3 Å². The van der Waals surface area contributed by atoms with Crippen molar-refractivity contribution in [2.45, 2.75) is 54.6 Å². The minimum Gasteiger partial charge on any atom is -0.399 e. The molecule has 1 heterocycles. The number of rotatable bonds is 4. The van der Waals surface area contributed by atoms with Crippen molar-refractivity contribution in [3.05, 3.63) is 29.6 Å². The highest BCUT2D eigenvalue weighted by Gasteiger charge is 2.36. The number of hydrogen-bond acceptors (Lipinski definition) is 4. The third kappa shape index (κ3) is 2.20. The van der Waals surface area contributed by atoms with Gasteiger partial charge in [0.05, 0.1) is 0 Å². The predicted molar refractivity (Wildman–Crippen MR) is 80.0 cm³/mol. The monoisotopic (exact) mass is 286 g/mol. The topological polar surface area (TPSA) is 56.7 Å². The van der Waals surface area contributed by atoms with Gasteiger partial charge in [0.25, 0.3) is 0 Å². The molecule has 2 saturated carbocycles. The average molecular weight is 286 g/mol. The predicted octanol–water partition coefficient (Wildman–Crippen LogP) is 3.53. The van der Waals surface area contributed by atoms with Gasteiger partial charge in [-0.1, -0.05) is 6.07 Å². The number of nitrogens with two attached hydrogens (primary N) is 1. The summed E-state index contributed by atoms with van der Waals surface area (Å²) < 4.78 is 2.38. The van der Waals surface area contributed by atoms with Crippen LogP contribution in [0.2, 0.25) is 0 Å². The van der Waals surface area contributed by atoms with Crippen LogP contribution in [-0.2, 0) is 0 Å². The molecule has 104 valence electrons. The van der Waals surface area contributed by atoms with Crippen molar-refractivity contribution in [2.24, 2.45) is 0 Å². The molecule has 0 unspecified atom stereocenters. The summed E-state index contributed by atoms with van der Waals surface area (Å²) in [5.74, 6) is 1.86. The van der Waals surface area contributed by atoms with Gasteiger partial charge in [-0.2, -0.15) is 0 Å². The van der Waals surface area contributed by atoms with Gasteiger partial charge in [-0.3, -0.25) is 0 Å². The van der Waals surface area contributed by atoms with Crippen molar-refractivity contribution in [3.8, 4) is 0 Å². The van der Waals surface area contributed by atoms with Gasteiger partial charge in [-0.05, 0) is 62.1 Å². The standard InChI is InChI=1S/C15H18N4S/c1-9-2-5-11(16)8-13(9)20-15-18-17-14(10-3-4-10)19(15)12-6-7-12/h2,5,8,10,12H,3-4,6-7,16H2,1H3. The molecule has 0 amide bonds. The van der Waals surface area contributed by atoms with Crippen LogP contribution < -0.4 is 5.73 Å². The molecule has 2 fully saturated rings. The van der Waals surface area contributed by atoms with Gasteiger partial charge < -0.3 is 10.3 Å². The maximum atomic E-state index is 5.90. The van der Waals surface area contributed by atoms with Gasteiger partial charge in [0.15, 0.2) is 5.16 Å². The van der Waals surface area contributed by atoms with Crippen LogP contribution in [-0.4, -0.2) is 14.8 Å². The molecule has 0 saturated heterocycles. The molecule has 2 N–H and O–H groups in total. The van der Waals surface area contributed by atoms with E-state index in [0.717, 1.165) is 10.8 Å². The van der Waals surface area contributed by atoms with Crippen LogP contribution in [0.4, 0.5) is 5.69 Å². The van der Waals surface area contributed by atoms with Crippen molar-refractivity contribution in [3.63, 3.8) is 0 Å². The fourth-order valence-corrected chi connectivity index (χ4v) is 3.52. The molecule has 20 heavy (non-hydrogen) atoms. The lowest BCUT2D eigenvalue weighted by Crippen LogP contribution is -2.02. The smallest absolute Gasteiger partial charge is 0.196 e. The lowest BCUT2D eigenvalue weighted by atomic mass is 10.2. The van der Waals surface area contributed by atoms with E-state index in [0.29, 0.717) is 12.0 Å². The number of aryl methyl sites for hydroxylation is 1. The first-order valence-electron chi connectivity index (χ1n) is 7.21. The van der Waals surface area contributed by atoms with E-state index in [-0.39, 0.29) is 0 Å². The summed E-state index contributed by atoms with van der Waals surface area (Å²) in [6, 6.07) is 6.67. The van der Waals surface area contributed by atoms with Crippen LogP contribution in [0.1, 0.15) is 49.0 Å². The molecule has 4 nitrogen and oxygen atoms in total. The van der Waals surface area contributed by atoms with Crippen molar-refractivity contribution in [2.75, 3.05) is 5.73 Å². The van der Waals surface area contributed by atoms with Crippen LogP contribution in [0, 0.1) is 6.92 Å². The van der Waals surface area contributed by atoms with Crippen molar-refractivity contribution in [1.82, 2.24) is 14.8 Å². The molecule has 2 aliphatic rings.